The van der Waals surface area contributed by atoms with Crippen LogP contribution in [0.15, 0.2) is 159 Å². The maximum Gasteiger partial charge on any atom is 0.316 e. The SMILES string of the molecule is C=CC(=O)c1ncccc1C.CCOC(=O)C(CCC(=O)c1ncccc1C)C(=O)c1nc2cccc(N3CCN(C)CC3)c2n1C.CCOC(=O)CC(=O)c1nc2cccc(N3CCN(C)CC3)c2n1C.Cc1cccnc1C(=O)CCCC(=O)c1nc2cccc(N3CCN(C)CC3)c2n1C.Cc1cccnc1[C@@H]1CCC[C@H](c2nc3cccc(N4CCN(C)CC4)c3n2C)N1. The molecule has 5 fully saturated rings. The summed E-state index contributed by atoms with van der Waals surface area (Å²) in [6.07, 6.45) is 12.2. The standard InChI is InChI=1S/C27H33N5O4.C24H32N6.C24H29N5O2.C18H24N4O3.C9H9NO/c1-5-36-27(35)19(11-12-22(33)23-18(2)8-7-13-28-23)25(34)26-29-20-9-6-10-21(24(20)31(26)4)32-16-14-30(3)15-17-32;1-17-7-6-12-25-22(17)18-8-4-10-20(26-18)24-27-19-9-5-11-21(23(19)29(24)3)30-15-13-28(2)14-16-30;1-17-7-6-12-25-22(17)20(30)10-5-11-21(31)24-26-18-8-4-9-19(23(18)28(24)3)29-15-13-27(2)14-16-29;1-4-25-16(24)12-15(23)18-19-13-6-5-7-14(17(13)21(18)3)22-10-8-20(2)9-11-22;1-3-8(11)9-7(2)5-4-6-10-9/h6-10,13,19H,5,11-12,14-17H2,1-4H3;5-7,9,11-12,18,20,26H,4,8,10,13-16H2,1-3H3;4,6-9,12H,5,10-11,13-16H2,1-3H3;5-7H,4,8-12H2,1-3H3;3-6H,1H2,2H3/t;18-,20+;;;/m.0.../s1. The number of carbonyl (C=O) groups is 8. The molecule has 700 valence electrons. The van der Waals surface area contributed by atoms with Gasteiger partial charge in [-0.2, -0.15) is 0 Å². The van der Waals surface area contributed by atoms with Crippen molar-refractivity contribution in [1.82, 2.24) is 83.1 Å². The summed E-state index contributed by atoms with van der Waals surface area (Å²) in [4.78, 5) is 154. The molecule has 17 rings (SSSR count). The molecule has 31 nitrogen and oxygen atoms in total. The third kappa shape index (κ3) is 23.4. The lowest BCUT2D eigenvalue weighted by Crippen LogP contribution is -2.44. The van der Waals surface area contributed by atoms with Crippen molar-refractivity contribution in [2.24, 2.45) is 34.1 Å². The number of piperidine rings is 1. The lowest BCUT2D eigenvalue weighted by Gasteiger charge is -2.34. The number of piperazine rings is 4. The van der Waals surface area contributed by atoms with E-state index in [-0.39, 0.29) is 73.3 Å². The number of aryl methyl sites for hydroxylation is 8. The molecular formula is C102H127N21O10. The van der Waals surface area contributed by atoms with E-state index in [0.717, 1.165) is 190 Å². The fourth-order valence-electron chi connectivity index (χ4n) is 18.1. The highest BCUT2D eigenvalue weighted by Crippen LogP contribution is 2.38. The first kappa shape index (κ1) is 97.6. The Morgan fingerprint density at radius 1 is 0.406 bits per heavy atom. The Kier molecular flexibility index (Phi) is 33.4. The number of para-hydroxylation sites is 4. The first-order valence-electron chi connectivity index (χ1n) is 46.3. The van der Waals surface area contributed by atoms with Crippen molar-refractivity contribution < 1.29 is 47.8 Å². The lowest BCUT2D eigenvalue weighted by atomic mass is 9.94. The van der Waals surface area contributed by atoms with Crippen LogP contribution in [-0.4, -0.2) is 270 Å². The predicted octanol–water partition coefficient (Wildman–Crippen LogP) is 13.1. The Morgan fingerprint density at radius 2 is 0.774 bits per heavy atom. The number of esters is 2. The van der Waals surface area contributed by atoms with Crippen LogP contribution < -0.4 is 24.9 Å². The fraction of sp³-hybridized carbons (Fsp3) is 0.431. The van der Waals surface area contributed by atoms with E-state index >= 15 is 0 Å². The molecule has 133 heavy (non-hydrogen) atoms. The third-order valence-corrected chi connectivity index (χ3v) is 25.6. The second-order valence-corrected chi connectivity index (χ2v) is 35.0. The summed E-state index contributed by atoms with van der Waals surface area (Å²) >= 11 is 0. The minimum absolute atomic E-state index is 0.00353. The molecule has 0 spiro atoms. The Morgan fingerprint density at radius 3 is 1.20 bits per heavy atom. The Bertz CT molecular complexity index is 6160. The van der Waals surface area contributed by atoms with Gasteiger partial charge in [0, 0.05) is 177 Å². The number of nitrogens with one attached hydrogen (secondary N) is 1. The number of anilines is 4. The molecule has 0 radical (unpaired) electrons. The molecule has 3 atom stereocenters. The van der Waals surface area contributed by atoms with Crippen molar-refractivity contribution in [2.75, 3.05) is 166 Å². The molecule has 5 aliphatic rings. The molecule has 0 amide bonds. The number of aromatic nitrogens is 12. The first-order chi connectivity index (χ1) is 64.1. The zero-order valence-corrected chi connectivity index (χ0v) is 79.5. The quantitative estimate of drug-likeness (QED) is 0.0228. The number of rotatable bonds is 26. The first-order valence-corrected chi connectivity index (χ1v) is 46.3. The molecule has 5 saturated heterocycles. The van der Waals surface area contributed by atoms with Crippen molar-refractivity contribution in [3.8, 4) is 0 Å². The number of allylic oxidation sites excluding steroid dienone is 1. The summed E-state index contributed by atoms with van der Waals surface area (Å²) in [5.41, 5.74) is 18.3. The zero-order chi connectivity index (χ0) is 94.7. The van der Waals surface area contributed by atoms with Gasteiger partial charge < -0.3 is 66.9 Å². The average molecular weight is 1810 g/mol. The van der Waals surface area contributed by atoms with E-state index in [2.05, 4.69) is 169 Å². The number of carbonyl (C=O) groups excluding carboxylic acids is 8. The molecule has 31 heteroatoms. The van der Waals surface area contributed by atoms with Crippen LogP contribution in [0.3, 0.4) is 0 Å². The van der Waals surface area contributed by atoms with Crippen LogP contribution in [0.2, 0.25) is 0 Å². The van der Waals surface area contributed by atoms with Gasteiger partial charge in [-0.25, -0.2) is 19.9 Å². The number of imidazole rings is 4. The molecule has 4 aromatic carbocycles. The van der Waals surface area contributed by atoms with Crippen LogP contribution in [0.5, 0.6) is 0 Å². The van der Waals surface area contributed by atoms with Gasteiger partial charge in [0.15, 0.2) is 34.8 Å². The molecule has 1 N–H and O–H groups in total. The highest BCUT2D eigenvalue weighted by atomic mass is 16.5. The molecule has 0 saturated carbocycles. The molecule has 0 bridgehead atoms. The van der Waals surface area contributed by atoms with Gasteiger partial charge in [-0.15, -0.1) is 0 Å². The summed E-state index contributed by atoms with van der Waals surface area (Å²) in [7, 11) is 16.3. The summed E-state index contributed by atoms with van der Waals surface area (Å²) in [5.74, 6) is -1.34. The van der Waals surface area contributed by atoms with E-state index in [9.17, 15) is 38.4 Å². The predicted molar refractivity (Wildman–Crippen MR) is 521 cm³/mol. The highest BCUT2D eigenvalue weighted by molar-refractivity contribution is 6.10. The minimum atomic E-state index is -1.12. The van der Waals surface area contributed by atoms with E-state index in [1.165, 1.54) is 35.0 Å². The summed E-state index contributed by atoms with van der Waals surface area (Å²) in [6.45, 7) is 30.8. The summed E-state index contributed by atoms with van der Waals surface area (Å²) < 4.78 is 17.9. The Labute approximate surface area is 778 Å². The van der Waals surface area contributed by atoms with Gasteiger partial charge in [0.1, 0.15) is 35.2 Å². The second kappa shape index (κ2) is 45.5. The van der Waals surface area contributed by atoms with Crippen LogP contribution in [0.25, 0.3) is 44.1 Å². The van der Waals surface area contributed by atoms with Gasteiger partial charge in [0.25, 0.3) is 0 Å². The third-order valence-electron chi connectivity index (χ3n) is 25.6. The molecular weight excluding hydrogens is 1680 g/mol. The Balaban J connectivity index is 0.000000146. The van der Waals surface area contributed by atoms with Crippen molar-refractivity contribution in [3.63, 3.8) is 0 Å². The van der Waals surface area contributed by atoms with E-state index in [1.54, 1.807) is 60.8 Å². The molecule has 12 aromatic rings. The van der Waals surface area contributed by atoms with Crippen LogP contribution in [0, 0.1) is 33.6 Å². The van der Waals surface area contributed by atoms with Crippen molar-refractivity contribution in [3.05, 3.63) is 227 Å². The van der Waals surface area contributed by atoms with Gasteiger partial charge in [0.05, 0.1) is 97.9 Å². The summed E-state index contributed by atoms with van der Waals surface area (Å²) in [5, 5.41) is 3.87. The lowest BCUT2D eigenvalue weighted by molar-refractivity contribution is -0.146. The van der Waals surface area contributed by atoms with Gasteiger partial charge in [0.2, 0.25) is 17.3 Å². The van der Waals surface area contributed by atoms with Crippen molar-refractivity contribution in [2.45, 2.75) is 111 Å². The number of hydrogen-bond donors (Lipinski definition) is 1. The van der Waals surface area contributed by atoms with Gasteiger partial charge >= 0.3 is 11.9 Å². The number of Topliss-reactive ketones (excluding diaryl/α,β-unsaturated/α-hetero) is 5. The maximum absolute atomic E-state index is 13.7. The van der Waals surface area contributed by atoms with Gasteiger partial charge in [-0.3, -0.25) is 63.6 Å². The second-order valence-electron chi connectivity index (χ2n) is 35.0. The van der Waals surface area contributed by atoms with E-state index < -0.39 is 23.6 Å². The van der Waals surface area contributed by atoms with Crippen molar-refractivity contribution in [1.29, 1.82) is 0 Å². The number of ketones is 6. The number of fused-ring (bicyclic) bond motifs is 4. The number of benzene rings is 4. The van der Waals surface area contributed by atoms with E-state index in [4.69, 9.17) is 14.5 Å². The van der Waals surface area contributed by atoms with Crippen LogP contribution in [0.4, 0.5) is 22.7 Å². The number of ether oxygens (including phenoxy) is 2. The van der Waals surface area contributed by atoms with Crippen LogP contribution >= 0.6 is 0 Å². The normalized spacial score (nSPS) is 16.5. The van der Waals surface area contributed by atoms with E-state index in [1.807, 2.05) is 118 Å². The van der Waals surface area contributed by atoms with Crippen LogP contribution in [-0.2, 0) is 47.3 Å². The molecule has 0 aliphatic carbocycles. The summed E-state index contributed by atoms with van der Waals surface area (Å²) in [6, 6.07) is 40.1. The van der Waals surface area contributed by atoms with E-state index in [0.29, 0.717) is 59.6 Å². The highest BCUT2D eigenvalue weighted by Gasteiger charge is 2.36. The number of likely N-dealkylation sites (N-methyl/N-ethyl adjacent to an activating group) is 4. The van der Waals surface area contributed by atoms with Gasteiger partial charge in [-0.05, 0) is 203 Å². The number of hydrogen-bond acceptors (Lipinski definition) is 27. The molecule has 1 unspecified atom stereocenters. The van der Waals surface area contributed by atoms with Crippen LogP contribution in [0.1, 0.15) is 181 Å². The minimum Gasteiger partial charge on any atom is -0.466 e. The number of nitrogens with zero attached hydrogens (tertiary/aromatic N) is 20. The average Bonchev–Trinajstić information content (AvgIpc) is 1.64. The monoisotopic (exact) mass is 1810 g/mol. The number of pyridine rings is 4. The topological polar surface area (TPSA) is 316 Å². The Hall–Kier alpha value is -12.9. The fourth-order valence-corrected chi connectivity index (χ4v) is 18.1. The van der Waals surface area contributed by atoms with Crippen molar-refractivity contribution >= 4 is 114 Å². The largest absolute Gasteiger partial charge is 0.466 e. The molecule has 13 heterocycles. The maximum atomic E-state index is 13.7. The smallest absolute Gasteiger partial charge is 0.316 e. The molecule has 5 aliphatic heterocycles. The van der Waals surface area contributed by atoms with Gasteiger partial charge in [-0.1, -0.05) is 55.1 Å². The molecule has 8 aromatic heterocycles. The zero-order valence-electron chi connectivity index (χ0n) is 79.5.